The van der Waals surface area contributed by atoms with Crippen molar-refractivity contribution >= 4 is 34.5 Å². The predicted molar refractivity (Wildman–Crippen MR) is 117 cm³/mol. The van der Waals surface area contributed by atoms with Crippen LogP contribution in [0.4, 0.5) is 5.69 Å². The summed E-state index contributed by atoms with van der Waals surface area (Å²) in [5.41, 5.74) is 3.56. The van der Waals surface area contributed by atoms with Crippen LogP contribution in [0, 0.1) is 0 Å². The number of nitrogens with one attached hydrogen (secondary N) is 1. The first kappa shape index (κ1) is 20.4. The average molecular weight is 390 g/mol. The molecule has 3 rings (SSSR count). The summed E-state index contributed by atoms with van der Waals surface area (Å²) in [6.45, 7) is 4.03. The molecule has 0 spiro atoms. The molecule has 2 amide bonds. The molecule has 0 aliphatic heterocycles. The lowest BCUT2D eigenvalue weighted by atomic mass is 10.1. The lowest BCUT2D eigenvalue weighted by molar-refractivity contribution is -0.129. The van der Waals surface area contributed by atoms with E-state index in [1.165, 1.54) is 11.0 Å². The van der Waals surface area contributed by atoms with Crippen molar-refractivity contribution in [2.75, 3.05) is 18.9 Å². The number of nitrogens with zero attached hydrogens (tertiary/aromatic N) is 1. The highest BCUT2D eigenvalue weighted by Crippen LogP contribution is 2.27. The molecule has 1 aromatic heterocycles. The molecule has 0 atom stereocenters. The van der Waals surface area contributed by atoms with Crippen LogP contribution in [0.2, 0.25) is 0 Å². The Morgan fingerprint density at radius 3 is 2.52 bits per heavy atom. The van der Waals surface area contributed by atoms with E-state index in [4.69, 9.17) is 4.42 Å². The molecule has 0 saturated heterocycles. The van der Waals surface area contributed by atoms with Gasteiger partial charge in [0.25, 0.3) is 0 Å². The van der Waals surface area contributed by atoms with Gasteiger partial charge in [0.15, 0.2) is 0 Å². The smallest absolute Gasteiger partial charge is 0.246 e. The molecule has 5 heteroatoms. The SMILES string of the molecule is CCc1ccccc1NC(=O)CN(C)C(=O)/C=C/c1c(CC)oc2ccccc12. The largest absolute Gasteiger partial charge is 0.460 e. The van der Waals surface area contributed by atoms with Gasteiger partial charge in [0.2, 0.25) is 11.8 Å². The topological polar surface area (TPSA) is 62.6 Å². The summed E-state index contributed by atoms with van der Waals surface area (Å²) >= 11 is 0. The Hall–Kier alpha value is -3.34. The van der Waals surface area contributed by atoms with Crippen molar-refractivity contribution in [2.45, 2.75) is 26.7 Å². The number of para-hydroxylation sites is 2. The molecule has 1 N–H and O–H groups in total. The van der Waals surface area contributed by atoms with Gasteiger partial charge in [-0.25, -0.2) is 0 Å². The van der Waals surface area contributed by atoms with E-state index in [1.807, 2.05) is 62.4 Å². The van der Waals surface area contributed by atoms with Gasteiger partial charge in [0, 0.05) is 36.2 Å². The van der Waals surface area contributed by atoms with Crippen molar-refractivity contribution in [3.8, 4) is 0 Å². The van der Waals surface area contributed by atoms with Gasteiger partial charge in [-0.3, -0.25) is 9.59 Å². The minimum atomic E-state index is -0.240. The number of rotatable bonds is 7. The Morgan fingerprint density at radius 2 is 1.76 bits per heavy atom. The van der Waals surface area contributed by atoms with Gasteiger partial charge in [-0.15, -0.1) is 0 Å². The molecule has 0 radical (unpaired) electrons. The number of hydrogen-bond acceptors (Lipinski definition) is 3. The van der Waals surface area contributed by atoms with E-state index in [2.05, 4.69) is 5.32 Å². The summed E-state index contributed by atoms with van der Waals surface area (Å²) in [6, 6.07) is 15.4. The second kappa shape index (κ2) is 9.24. The van der Waals surface area contributed by atoms with Crippen molar-refractivity contribution in [1.82, 2.24) is 4.90 Å². The zero-order valence-electron chi connectivity index (χ0n) is 17.1. The number of anilines is 1. The molecule has 0 aliphatic rings. The average Bonchev–Trinajstić information content (AvgIpc) is 3.10. The van der Waals surface area contributed by atoms with Gasteiger partial charge in [0.05, 0.1) is 6.54 Å². The van der Waals surface area contributed by atoms with E-state index in [9.17, 15) is 9.59 Å². The van der Waals surface area contributed by atoms with E-state index in [1.54, 1.807) is 13.1 Å². The van der Waals surface area contributed by atoms with Gasteiger partial charge in [0.1, 0.15) is 11.3 Å². The lowest BCUT2D eigenvalue weighted by Gasteiger charge is -2.16. The Bertz CT molecular complexity index is 1050. The standard InChI is InChI=1S/C24H26N2O3/c1-4-17-10-6-8-12-20(17)25-23(27)16-26(3)24(28)15-14-19-18-11-7-9-13-22(18)29-21(19)5-2/h6-15H,4-5,16H2,1-3H3,(H,25,27)/b15-14+. The Labute approximate surface area is 171 Å². The fourth-order valence-corrected chi connectivity index (χ4v) is 3.28. The molecular weight excluding hydrogens is 364 g/mol. The second-order valence-electron chi connectivity index (χ2n) is 6.88. The minimum Gasteiger partial charge on any atom is -0.460 e. The van der Waals surface area contributed by atoms with Gasteiger partial charge in [-0.2, -0.15) is 0 Å². The maximum atomic E-state index is 12.5. The van der Waals surface area contributed by atoms with Crippen LogP contribution in [-0.4, -0.2) is 30.3 Å². The fraction of sp³-hybridized carbons (Fsp3) is 0.250. The first-order valence-corrected chi connectivity index (χ1v) is 9.84. The van der Waals surface area contributed by atoms with Crippen LogP contribution in [0.15, 0.2) is 59.0 Å². The summed E-state index contributed by atoms with van der Waals surface area (Å²) in [6.07, 6.45) is 4.82. The quantitative estimate of drug-likeness (QED) is 0.597. The molecule has 5 nitrogen and oxygen atoms in total. The zero-order valence-corrected chi connectivity index (χ0v) is 17.1. The Morgan fingerprint density at radius 1 is 1.03 bits per heavy atom. The van der Waals surface area contributed by atoms with Gasteiger partial charge in [-0.05, 0) is 30.2 Å². The summed E-state index contributed by atoms with van der Waals surface area (Å²) in [5.74, 6) is 0.376. The third-order valence-corrected chi connectivity index (χ3v) is 4.85. The molecule has 2 aromatic carbocycles. The Kier molecular flexibility index (Phi) is 6.50. The summed E-state index contributed by atoms with van der Waals surface area (Å²) in [5, 5.41) is 3.86. The van der Waals surface area contributed by atoms with Crippen LogP contribution >= 0.6 is 0 Å². The van der Waals surface area contributed by atoms with Crippen LogP contribution in [0.1, 0.15) is 30.7 Å². The van der Waals surface area contributed by atoms with Crippen molar-refractivity contribution < 1.29 is 14.0 Å². The van der Waals surface area contributed by atoms with E-state index < -0.39 is 0 Å². The van der Waals surface area contributed by atoms with Crippen LogP contribution in [0.25, 0.3) is 17.0 Å². The number of likely N-dealkylation sites (N-methyl/N-ethyl adjacent to an activating group) is 1. The first-order chi connectivity index (χ1) is 14.0. The van der Waals surface area contributed by atoms with Crippen LogP contribution in [-0.2, 0) is 22.4 Å². The van der Waals surface area contributed by atoms with Crippen molar-refractivity contribution in [3.63, 3.8) is 0 Å². The number of amides is 2. The van der Waals surface area contributed by atoms with Gasteiger partial charge in [-0.1, -0.05) is 50.2 Å². The number of carbonyl (C=O) groups excluding carboxylic acids is 2. The van der Waals surface area contributed by atoms with Gasteiger partial charge < -0.3 is 14.6 Å². The number of benzene rings is 2. The normalized spacial score (nSPS) is 11.1. The van der Waals surface area contributed by atoms with Crippen molar-refractivity contribution in [3.05, 3.63) is 71.5 Å². The monoisotopic (exact) mass is 390 g/mol. The highest BCUT2D eigenvalue weighted by Gasteiger charge is 2.14. The molecule has 29 heavy (non-hydrogen) atoms. The van der Waals surface area contributed by atoms with Crippen LogP contribution in [0.3, 0.4) is 0 Å². The maximum Gasteiger partial charge on any atom is 0.246 e. The van der Waals surface area contributed by atoms with Crippen molar-refractivity contribution in [2.24, 2.45) is 0 Å². The summed E-state index contributed by atoms with van der Waals surface area (Å²) in [7, 11) is 1.62. The number of aryl methyl sites for hydroxylation is 2. The zero-order chi connectivity index (χ0) is 20.8. The molecular formula is C24H26N2O3. The number of carbonyl (C=O) groups is 2. The molecule has 0 aliphatic carbocycles. The summed E-state index contributed by atoms with van der Waals surface area (Å²) in [4.78, 5) is 26.3. The molecule has 0 bridgehead atoms. The molecule has 0 unspecified atom stereocenters. The second-order valence-corrected chi connectivity index (χ2v) is 6.88. The van der Waals surface area contributed by atoms with Gasteiger partial charge >= 0.3 is 0 Å². The molecule has 3 aromatic rings. The van der Waals surface area contributed by atoms with E-state index in [-0.39, 0.29) is 18.4 Å². The number of hydrogen-bond donors (Lipinski definition) is 1. The number of furan rings is 1. The number of fused-ring (bicyclic) bond motifs is 1. The molecule has 0 saturated carbocycles. The van der Waals surface area contributed by atoms with Crippen LogP contribution in [0.5, 0.6) is 0 Å². The van der Waals surface area contributed by atoms with E-state index in [0.717, 1.165) is 46.4 Å². The Balaban J connectivity index is 1.67. The summed E-state index contributed by atoms with van der Waals surface area (Å²) < 4.78 is 5.85. The molecule has 0 fully saturated rings. The fourth-order valence-electron chi connectivity index (χ4n) is 3.28. The van der Waals surface area contributed by atoms with Crippen molar-refractivity contribution in [1.29, 1.82) is 0 Å². The van der Waals surface area contributed by atoms with E-state index >= 15 is 0 Å². The van der Waals surface area contributed by atoms with E-state index in [0.29, 0.717) is 0 Å². The lowest BCUT2D eigenvalue weighted by Crippen LogP contribution is -2.34. The predicted octanol–water partition coefficient (Wildman–Crippen LogP) is 4.67. The third kappa shape index (κ3) is 4.74. The highest BCUT2D eigenvalue weighted by atomic mass is 16.3. The van der Waals surface area contributed by atoms with Crippen LogP contribution < -0.4 is 5.32 Å². The third-order valence-electron chi connectivity index (χ3n) is 4.85. The molecule has 150 valence electrons. The minimum absolute atomic E-state index is 0.0198. The first-order valence-electron chi connectivity index (χ1n) is 9.84. The highest BCUT2D eigenvalue weighted by molar-refractivity contribution is 5.99. The molecule has 1 heterocycles. The maximum absolute atomic E-state index is 12.5.